The zero-order valence-corrected chi connectivity index (χ0v) is 12.1. The van der Waals surface area contributed by atoms with Gasteiger partial charge in [-0.2, -0.15) is 0 Å². The average Bonchev–Trinajstić information content (AvgIpc) is 2.43. The Kier molecular flexibility index (Phi) is 5.52. The Hall–Kier alpha value is -1.22. The molecule has 19 heavy (non-hydrogen) atoms. The van der Waals surface area contributed by atoms with Crippen molar-refractivity contribution in [3.8, 4) is 11.5 Å². The first-order valence-corrected chi connectivity index (χ1v) is 7.40. The Labute approximate surface area is 116 Å². The number of hydrogen-bond donors (Lipinski definition) is 1. The van der Waals surface area contributed by atoms with E-state index in [1.54, 1.807) is 0 Å². The minimum atomic E-state index is 0.364. The lowest BCUT2D eigenvalue weighted by Crippen LogP contribution is -2.20. The minimum absolute atomic E-state index is 0.364. The summed E-state index contributed by atoms with van der Waals surface area (Å²) in [5, 5.41) is 3.16. The van der Waals surface area contributed by atoms with Gasteiger partial charge in [0.25, 0.3) is 0 Å². The highest BCUT2D eigenvalue weighted by Crippen LogP contribution is 2.32. The molecule has 0 amide bonds. The molecule has 1 saturated carbocycles. The SMILES string of the molecule is CCOc1cc(CNC)ccc1OC1CCCCC1. The van der Waals surface area contributed by atoms with E-state index in [0.717, 1.165) is 18.0 Å². The summed E-state index contributed by atoms with van der Waals surface area (Å²) in [6.07, 6.45) is 6.62. The van der Waals surface area contributed by atoms with Gasteiger partial charge >= 0.3 is 0 Å². The van der Waals surface area contributed by atoms with Crippen LogP contribution in [0.2, 0.25) is 0 Å². The first kappa shape index (κ1) is 14.2. The van der Waals surface area contributed by atoms with Gasteiger partial charge < -0.3 is 14.8 Å². The van der Waals surface area contributed by atoms with Crippen molar-refractivity contribution in [2.24, 2.45) is 0 Å². The molecule has 0 radical (unpaired) electrons. The van der Waals surface area contributed by atoms with Crippen LogP contribution in [0.15, 0.2) is 18.2 Å². The van der Waals surface area contributed by atoms with E-state index < -0.39 is 0 Å². The molecule has 0 saturated heterocycles. The van der Waals surface area contributed by atoms with Crippen LogP contribution in [-0.2, 0) is 6.54 Å². The van der Waals surface area contributed by atoms with Gasteiger partial charge in [-0.1, -0.05) is 12.5 Å². The monoisotopic (exact) mass is 263 g/mol. The van der Waals surface area contributed by atoms with E-state index in [1.165, 1.54) is 37.7 Å². The van der Waals surface area contributed by atoms with Crippen molar-refractivity contribution in [2.45, 2.75) is 51.7 Å². The molecule has 0 aromatic heterocycles. The first-order chi connectivity index (χ1) is 9.33. The molecule has 0 heterocycles. The molecule has 1 aromatic rings. The van der Waals surface area contributed by atoms with Crippen molar-refractivity contribution in [3.63, 3.8) is 0 Å². The zero-order valence-electron chi connectivity index (χ0n) is 12.1. The predicted octanol–water partition coefficient (Wildman–Crippen LogP) is 3.52. The van der Waals surface area contributed by atoms with Gasteiger partial charge in [-0.3, -0.25) is 0 Å². The van der Waals surface area contributed by atoms with Crippen molar-refractivity contribution in [1.29, 1.82) is 0 Å². The zero-order chi connectivity index (χ0) is 13.5. The van der Waals surface area contributed by atoms with Gasteiger partial charge in [-0.05, 0) is 57.4 Å². The fraction of sp³-hybridized carbons (Fsp3) is 0.625. The van der Waals surface area contributed by atoms with E-state index in [9.17, 15) is 0 Å². The summed E-state index contributed by atoms with van der Waals surface area (Å²) in [7, 11) is 1.95. The van der Waals surface area contributed by atoms with Crippen LogP contribution in [0.1, 0.15) is 44.6 Å². The smallest absolute Gasteiger partial charge is 0.161 e. The van der Waals surface area contributed by atoms with E-state index >= 15 is 0 Å². The van der Waals surface area contributed by atoms with Crippen molar-refractivity contribution in [1.82, 2.24) is 5.32 Å². The number of nitrogens with one attached hydrogen (secondary N) is 1. The van der Waals surface area contributed by atoms with Crippen LogP contribution in [-0.4, -0.2) is 19.8 Å². The fourth-order valence-electron chi connectivity index (χ4n) is 2.59. The second kappa shape index (κ2) is 7.39. The Morgan fingerprint density at radius 1 is 1.16 bits per heavy atom. The van der Waals surface area contributed by atoms with Crippen LogP contribution >= 0.6 is 0 Å². The summed E-state index contributed by atoms with van der Waals surface area (Å²) < 4.78 is 11.8. The van der Waals surface area contributed by atoms with E-state index in [0.29, 0.717) is 12.7 Å². The van der Waals surface area contributed by atoms with Gasteiger partial charge in [0.15, 0.2) is 11.5 Å². The highest BCUT2D eigenvalue weighted by Gasteiger charge is 2.17. The largest absolute Gasteiger partial charge is 0.490 e. The van der Waals surface area contributed by atoms with Gasteiger partial charge in [-0.25, -0.2) is 0 Å². The molecular formula is C16H25NO2. The molecule has 0 bridgehead atoms. The molecule has 0 unspecified atom stereocenters. The molecule has 1 aliphatic rings. The number of rotatable bonds is 6. The molecule has 1 aromatic carbocycles. The summed E-state index contributed by atoms with van der Waals surface area (Å²) in [5.74, 6) is 1.77. The third-order valence-electron chi connectivity index (χ3n) is 3.53. The molecule has 1 N–H and O–H groups in total. The summed E-state index contributed by atoms with van der Waals surface area (Å²) in [4.78, 5) is 0. The molecule has 106 valence electrons. The maximum Gasteiger partial charge on any atom is 0.161 e. The van der Waals surface area contributed by atoms with Gasteiger partial charge in [0.1, 0.15) is 0 Å². The van der Waals surface area contributed by atoms with Gasteiger partial charge in [0.2, 0.25) is 0 Å². The Morgan fingerprint density at radius 2 is 1.95 bits per heavy atom. The number of hydrogen-bond acceptors (Lipinski definition) is 3. The van der Waals surface area contributed by atoms with Crippen LogP contribution in [0.5, 0.6) is 11.5 Å². The van der Waals surface area contributed by atoms with E-state index in [1.807, 2.05) is 20.0 Å². The first-order valence-electron chi connectivity index (χ1n) is 7.40. The highest BCUT2D eigenvalue weighted by atomic mass is 16.5. The Balaban J connectivity index is 2.08. The van der Waals surface area contributed by atoms with E-state index in [4.69, 9.17) is 9.47 Å². The lowest BCUT2D eigenvalue weighted by Gasteiger charge is -2.24. The van der Waals surface area contributed by atoms with Crippen LogP contribution in [0.25, 0.3) is 0 Å². The van der Waals surface area contributed by atoms with Gasteiger partial charge in [-0.15, -0.1) is 0 Å². The molecule has 1 aliphatic carbocycles. The minimum Gasteiger partial charge on any atom is -0.490 e. The van der Waals surface area contributed by atoms with Crippen molar-refractivity contribution in [3.05, 3.63) is 23.8 Å². The summed E-state index contributed by atoms with van der Waals surface area (Å²) >= 11 is 0. The molecule has 0 aliphatic heterocycles. The van der Waals surface area contributed by atoms with E-state index in [-0.39, 0.29) is 0 Å². The summed E-state index contributed by atoms with van der Waals surface area (Å²) in [6, 6.07) is 6.24. The van der Waals surface area contributed by atoms with Gasteiger partial charge in [0, 0.05) is 6.54 Å². The fourth-order valence-corrected chi connectivity index (χ4v) is 2.59. The third kappa shape index (κ3) is 4.13. The maximum atomic E-state index is 6.13. The van der Waals surface area contributed by atoms with E-state index in [2.05, 4.69) is 17.4 Å². The molecule has 0 atom stereocenters. The van der Waals surface area contributed by atoms with Crippen LogP contribution < -0.4 is 14.8 Å². The molecule has 0 spiro atoms. The maximum absolute atomic E-state index is 6.13. The van der Waals surface area contributed by atoms with Gasteiger partial charge in [0.05, 0.1) is 12.7 Å². The standard InChI is InChI=1S/C16H25NO2/c1-3-18-16-11-13(12-17-2)9-10-15(16)19-14-7-5-4-6-8-14/h9-11,14,17H,3-8,12H2,1-2H3. The predicted molar refractivity (Wildman–Crippen MR) is 77.9 cm³/mol. The lowest BCUT2D eigenvalue weighted by atomic mass is 9.98. The Bertz CT molecular complexity index is 386. The second-order valence-corrected chi connectivity index (χ2v) is 5.12. The van der Waals surface area contributed by atoms with Crippen LogP contribution in [0.3, 0.4) is 0 Å². The van der Waals surface area contributed by atoms with Crippen molar-refractivity contribution in [2.75, 3.05) is 13.7 Å². The normalized spacial score (nSPS) is 16.3. The highest BCUT2D eigenvalue weighted by molar-refractivity contribution is 5.43. The quantitative estimate of drug-likeness (QED) is 0.852. The molecule has 3 heteroatoms. The van der Waals surface area contributed by atoms with Crippen molar-refractivity contribution >= 4 is 0 Å². The number of ether oxygens (including phenoxy) is 2. The molecular weight excluding hydrogens is 238 g/mol. The lowest BCUT2D eigenvalue weighted by molar-refractivity contribution is 0.147. The number of benzene rings is 1. The second-order valence-electron chi connectivity index (χ2n) is 5.12. The van der Waals surface area contributed by atoms with Crippen LogP contribution in [0, 0.1) is 0 Å². The summed E-state index contributed by atoms with van der Waals surface area (Å²) in [6.45, 7) is 3.53. The topological polar surface area (TPSA) is 30.5 Å². The van der Waals surface area contributed by atoms with Crippen molar-refractivity contribution < 1.29 is 9.47 Å². The Morgan fingerprint density at radius 3 is 2.63 bits per heavy atom. The summed E-state index contributed by atoms with van der Waals surface area (Å²) in [5.41, 5.74) is 1.22. The average molecular weight is 263 g/mol. The van der Waals surface area contributed by atoms with Crippen LogP contribution in [0.4, 0.5) is 0 Å². The molecule has 2 rings (SSSR count). The molecule has 3 nitrogen and oxygen atoms in total. The third-order valence-corrected chi connectivity index (χ3v) is 3.53. The molecule has 1 fully saturated rings.